The van der Waals surface area contributed by atoms with Crippen LogP contribution in [0.2, 0.25) is 5.02 Å². The summed E-state index contributed by atoms with van der Waals surface area (Å²) in [5, 5.41) is 15.8. The minimum atomic E-state index is -3.77. The Labute approximate surface area is 175 Å². The number of carbonyl (C=O) groups excluding carboxylic acids is 1. The van der Waals surface area contributed by atoms with Gasteiger partial charge in [-0.05, 0) is 38.0 Å². The first-order valence-electron chi connectivity index (χ1n) is 9.35. The van der Waals surface area contributed by atoms with Crippen LogP contribution in [0.25, 0.3) is 0 Å². The van der Waals surface area contributed by atoms with E-state index in [0.717, 1.165) is 19.3 Å². The van der Waals surface area contributed by atoms with Crippen LogP contribution in [0.4, 0.5) is 5.82 Å². The zero-order valence-corrected chi connectivity index (χ0v) is 17.6. The lowest BCUT2D eigenvalue weighted by atomic mass is 10.2. The van der Waals surface area contributed by atoms with Crippen molar-refractivity contribution in [3.8, 4) is 6.07 Å². The van der Waals surface area contributed by atoms with Crippen LogP contribution >= 0.6 is 11.6 Å². The average Bonchev–Trinajstić information content (AvgIpc) is 3.06. The summed E-state index contributed by atoms with van der Waals surface area (Å²) in [6, 6.07) is 7.94. The number of anilines is 1. The van der Waals surface area contributed by atoms with Crippen molar-refractivity contribution in [1.82, 2.24) is 14.1 Å². The number of rotatable bonds is 6. The molecule has 0 unspecified atom stereocenters. The van der Waals surface area contributed by atoms with Crippen LogP contribution in [0.1, 0.15) is 41.7 Å². The van der Waals surface area contributed by atoms with Crippen LogP contribution in [0.3, 0.4) is 0 Å². The van der Waals surface area contributed by atoms with Crippen molar-refractivity contribution in [1.29, 1.82) is 5.26 Å². The largest absolute Gasteiger partial charge is 0.307 e. The third kappa shape index (κ3) is 4.78. The molecule has 8 nitrogen and oxygen atoms in total. The number of nitrogens with one attached hydrogen (secondary N) is 1. The molecule has 0 spiro atoms. The number of halogens is 1. The lowest BCUT2D eigenvalue weighted by Crippen LogP contribution is -2.35. The van der Waals surface area contributed by atoms with Crippen molar-refractivity contribution in [2.24, 2.45) is 0 Å². The van der Waals surface area contributed by atoms with Gasteiger partial charge in [0.25, 0.3) is 5.91 Å². The number of nitriles is 1. The Balaban J connectivity index is 1.86. The number of aryl methyl sites for hydroxylation is 2. The number of sulfonamides is 1. The zero-order chi connectivity index (χ0) is 21.0. The average molecular weight is 436 g/mol. The zero-order valence-electron chi connectivity index (χ0n) is 16.1. The van der Waals surface area contributed by atoms with Crippen molar-refractivity contribution in [2.75, 3.05) is 18.4 Å². The number of piperidine rings is 1. The Bertz CT molecular complexity index is 1050. The maximum absolute atomic E-state index is 13.0. The van der Waals surface area contributed by atoms with Gasteiger partial charge in [0, 0.05) is 24.7 Å². The van der Waals surface area contributed by atoms with E-state index in [4.69, 9.17) is 16.9 Å². The van der Waals surface area contributed by atoms with Gasteiger partial charge in [-0.2, -0.15) is 14.7 Å². The van der Waals surface area contributed by atoms with Gasteiger partial charge in [0.05, 0.1) is 29.8 Å². The Kier molecular flexibility index (Phi) is 6.57. The normalized spacial score (nSPS) is 15.1. The summed E-state index contributed by atoms with van der Waals surface area (Å²) < 4.78 is 28.9. The van der Waals surface area contributed by atoms with Crippen LogP contribution in [-0.4, -0.2) is 41.5 Å². The number of amides is 1. The highest BCUT2D eigenvalue weighted by Gasteiger charge is 2.29. The minimum absolute atomic E-state index is 0.0668. The number of hydrogen-bond acceptors (Lipinski definition) is 5. The fraction of sp³-hybridized carbons (Fsp3) is 0.421. The maximum atomic E-state index is 13.0. The van der Waals surface area contributed by atoms with Gasteiger partial charge in [-0.3, -0.25) is 4.79 Å². The van der Waals surface area contributed by atoms with E-state index in [1.54, 1.807) is 13.0 Å². The van der Waals surface area contributed by atoms with Crippen LogP contribution in [0.15, 0.2) is 29.2 Å². The van der Waals surface area contributed by atoms with Crippen molar-refractivity contribution < 1.29 is 13.2 Å². The topological polar surface area (TPSA) is 108 Å². The molecule has 1 amide bonds. The number of aromatic nitrogens is 2. The Morgan fingerprint density at radius 2 is 2.00 bits per heavy atom. The Hall–Kier alpha value is -2.41. The summed E-state index contributed by atoms with van der Waals surface area (Å²) in [6.07, 6.45) is 2.87. The third-order valence-corrected chi connectivity index (χ3v) is 7.09. The van der Waals surface area contributed by atoms with Crippen molar-refractivity contribution in [2.45, 2.75) is 44.0 Å². The van der Waals surface area contributed by atoms with Gasteiger partial charge in [-0.25, -0.2) is 13.1 Å². The van der Waals surface area contributed by atoms with E-state index in [0.29, 0.717) is 31.1 Å². The second-order valence-corrected chi connectivity index (χ2v) is 9.18. The molecule has 29 heavy (non-hydrogen) atoms. The van der Waals surface area contributed by atoms with E-state index in [1.165, 1.54) is 27.2 Å². The summed E-state index contributed by atoms with van der Waals surface area (Å²) in [5.41, 5.74) is 0.874. The molecule has 1 aromatic carbocycles. The lowest BCUT2D eigenvalue weighted by molar-refractivity contribution is 0.102. The highest BCUT2D eigenvalue weighted by molar-refractivity contribution is 7.89. The van der Waals surface area contributed by atoms with Gasteiger partial charge in [0.2, 0.25) is 10.0 Å². The first-order valence-corrected chi connectivity index (χ1v) is 11.2. The van der Waals surface area contributed by atoms with Gasteiger partial charge in [0.15, 0.2) is 0 Å². The van der Waals surface area contributed by atoms with Crippen molar-refractivity contribution in [3.63, 3.8) is 0 Å². The third-order valence-electron chi connectivity index (χ3n) is 4.71. The first-order chi connectivity index (χ1) is 13.8. The highest BCUT2D eigenvalue weighted by atomic mass is 35.5. The van der Waals surface area contributed by atoms with Crippen molar-refractivity contribution >= 4 is 33.3 Å². The minimum Gasteiger partial charge on any atom is -0.307 e. The SMILES string of the molecule is Cc1cc(NC(=O)c2ccc(Cl)c(S(=O)(=O)N3CCCCC3)c2)n(CCC#N)n1. The van der Waals surface area contributed by atoms with Gasteiger partial charge in [-0.15, -0.1) is 0 Å². The standard InChI is InChI=1S/C19H22ClN5O3S/c1-14-12-18(25(23-14)11-5-8-21)22-19(26)15-6-7-16(20)17(13-15)29(27,28)24-9-3-2-4-10-24/h6-7,12-13H,2-5,9-11H2,1H3,(H,22,26). The molecule has 3 rings (SSSR count). The van der Waals surface area contributed by atoms with Crippen LogP contribution in [0, 0.1) is 18.3 Å². The molecular formula is C19H22ClN5O3S. The van der Waals surface area contributed by atoms with Gasteiger partial charge in [-0.1, -0.05) is 18.0 Å². The molecule has 1 N–H and O–H groups in total. The summed E-state index contributed by atoms with van der Waals surface area (Å²) in [4.78, 5) is 12.7. The van der Waals surface area contributed by atoms with E-state index in [9.17, 15) is 13.2 Å². The van der Waals surface area contributed by atoms with E-state index in [-0.39, 0.29) is 21.9 Å². The molecule has 1 aromatic heterocycles. The summed E-state index contributed by atoms with van der Waals surface area (Å²) >= 11 is 6.17. The summed E-state index contributed by atoms with van der Waals surface area (Å²) in [7, 11) is -3.77. The van der Waals surface area contributed by atoms with E-state index in [1.807, 2.05) is 6.07 Å². The molecule has 2 heterocycles. The lowest BCUT2D eigenvalue weighted by Gasteiger charge is -2.26. The number of carbonyl (C=O) groups is 1. The molecule has 0 radical (unpaired) electrons. The molecule has 2 aromatic rings. The summed E-state index contributed by atoms with van der Waals surface area (Å²) in [5.74, 6) is -0.0343. The molecule has 1 fully saturated rings. The molecule has 0 bridgehead atoms. The molecular weight excluding hydrogens is 414 g/mol. The molecule has 0 atom stereocenters. The quantitative estimate of drug-likeness (QED) is 0.749. The highest BCUT2D eigenvalue weighted by Crippen LogP contribution is 2.28. The monoisotopic (exact) mass is 435 g/mol. The molecule has 0 saturated carbocycles. The van der Waals surface area contributed by atoms with E-state index in [2.05, 4.69) is 10.4 Å². The fourth-order valence-electron chi connectivity index (χ4n) is 3.25. The summed E-state index contributed by atoms with van der Waals surface area (Å²) in [6.45, 7) is 3.03. The first kappa shape index (κ1) is 21.3. The van der Waals surface area contributed by atoms with Gasteiger partial charge < -0.3 is 5.32 Å². The van der Waals surface area contributed by atoms with E-state index >= 15 is 0 Å². The molecule has 0 aliphatic carbocycles. The predicted molar refractivity (Wildman–Crippen MR) is 109 cm³/mol. The fourth-order valence-corrected chi connectivity index (χ4v) is 5.27. The Morgan fingerprint density at radius 1 is 1.28 bits per heavy atom. The number of benzene rings is 1. The van der Waals surface area contributed by atoms with Gasteiger partial charge >= 0.3 is 0 Å². The molecule has 1 saturated heterocycles. The second kappa shape index (κ2) is 8.95. The van der Waals surface area contributed by atoms with Crippen LogP contribution < -0.4 is 5.32 Å². The molecule has 1 aliphatic rings. The van der Waals surface area contributed by atoms with Crippen LogP contribution in [0.5, 0.6) is 0 Å². The number of nitrogens with zero attached hydrogens (tertiary/aromatic N) is 4. The molecule has 154 valence electrons. The van der Waals surface area contributed by atoms with E-state index < -0.39 is 15.9 Å². The second-order valence-electron chi connectivity index (χ2n) is 6.87. The smallest absolute Gasteiger partial charge is 0.256 e. The Morgan fingerprint density at radius 3 is 2.69 bits per heavy atom. The maximum Gasteiger partial charge on any atom is 0.256 e. The molecule has 1 aliphatic heterocycles. The van der Waals surface area contributed by atoms with Gasteiger partial charge in [0.1, 0.15) is 10.7 Å². The van der Waals surface area contributed by atoms with Crippen LogP contribution in [-0.2, 0) is 16.6 Å². The predicted octanol–water partition coefficient (Wildman–Crippen LogP) is 3.19. The van der Waals surface area contributed by atoms with Crippen molar-refractivity contribution in [3.05, 3.63) is 40.5 Å². The number of hydrogen-bond donors (Lipinski definition) is 1. The molecule has 10 heteroatoms.